The molecule has 0 spiro atoms. The van der Waals surface area contributed by atoms with Gasteiger partial charge in [0, 0.05) is 31.1 Å². The molecule has 0 bridgehead atoms. The minimum Gasteiger partial charge on any atom is -0.394 e. The van der Waals surface area contributed by atoms with Crippen molar-refractivity contribution in [3.05, 3.63) is 23.0 Å². The Balaban J connectivity index is 2.23. The number of nitrogens with zero attached hydrogens (tertiary/aromatic N) is 1. The number of aliphatic hydroxyl groups is 1. The predicted octanol–water partition coefficient (Wildman–Crippen LogP) is 1.61. The Labute approximate surface area is 110 Å². The third-order valence-corrected chi connectivity index (χ3v) is 3.19. The van der Waals surface area contributed by atoms with Gasteiger partial charge in [-0.15, -0.1) is 0 Å². The third kappa shape index (κ3) is 4.44. The molecule has 104 valence electrons. The Kier molecular flexibility index (Phi) is 7.01. The topological polar surface area (TPSA) is 46.4 Å². The first-order valence-electron chi connectivity index (χ1n) is 6.75. The van der Waals surface area contributed by atoms with E-state index < -0.39 is 0 Å². The molecule has 0 aliphatic heterocycles. The van der Waals surface area contributed by atoms with Crippen molar-refractivity contribution in [2.45, 2.75) is 40.3 Å². The van der Waals surface area contributed by atoms with E-state index in [1.165, 1.54) is 17.0 Å². The van der Waals surface area contributed by atoms with Crippen LogP contribution in [0.5, 0.6) is 0 Å². The molecule has 18 heavy (non-hydrogen) atoms. The summed E-state index contributed by atoms with van der Waals surface area (Å²) in [7, 11) is 0. The van der Waals surface area contributed by atoms with Gasteiger partial charge in [-0.05, 0) is 45.4 Å². The maximum absolute atomic E-state index is 8.56. The summed E-state index contributed by atoms with van der Waals surface area (Å²) in [5.74, 6) is 0. The number of hydrogen-bond donors (Lipinski definition) is 2. The van der Waals surface area contributed by atoms with Crippen LogP contribution in [0.4, 0.5) is 0 Å². The number of nitrogens with one attached hydrogen (secondary N) is 1. The average Bonchev–Trinajstić information content (AvgIpc) is 2.63. The van der Waals surface area contributed by atoms with Crippen molar-refractivity contribution in [3.8, 4) is 0 Å². The molecule has 0 saturated heterocycles. The van der Waals surface area contributed by atoms with E-state index >= 15 is 0 Å². The molecule has 0 amide bonds. The lowest BCUT2D eigenvalue weighted by Gasteiger charge is -2.07. The molecule has 0 aromatic carbocycles. The Morgan fingerprint density at radius 2 is 2.11 bits per heavy atom. The van der Waals surface area contributed by atoms with Crippen molar-refractivity contribution in [3.63, 3.8) is 0 Å². The van der Waals surface area contributed by atoms with Crippen LogP contribution in [0, 0.1) is 13.8 Å². The van der Waals surface area contributed by atoms with Crippen molar-refractivity contribution < 1.29 is 9.84 Å². The second-order valence-corrected chi connectivity index (χ2v) is 4.51. The van der Waals surface area contributed by atoms with Crippen LogP contribution in [0.2, 0.25) is 0 Å². The molecule has 4 nitrogen and oxygen atoms in total. The van der Waals surface area contributed by atoms with Crippen LogP contribution in [0.1, 0.15) is 30.3 Å². The van der Waals surface area contributed by atoms with Gasteiger partial charge in [0.05, 0.1) is 13.2 Å². The molecule has 1 aromatic rings. The van der Waals surface area contributed by atoms with Gasteiger partial charge in [-0.1, -0.05) is 0 Å². The molecule has 0 fully saturated rings. The molecule has 0 aliphatic rings. The lowest BCUT2D eigenvalue weighted by molar-refractivity contribution is 0.0907. The average molecular weight is 254 g/mol. The van der Waals surface area contributed by atoms with Crippen molar-refractivity contribution in [2.24, 2.45) is 0 Å². The third-order valence-electron chi connectivity index (χ3n) is 3.19. The predicted molar refractivity (Wildman–Crippen MR) is 73.8 cm³/mol. The number of ether oxygens (including phenoxy) is 1. The normalized spacial score (nSPS) is 11.1. The van der Waals surface area contributed by atoms with Gasteiger partial charge in [-0.25, -0.2) is 0 Å². The van der Waals surface area contributed by atoms with Crippen molar-refractivity contribution in [2.75, 3.05) is 26.4 Å². The lowest BCUT2D eigenvalue weighted by Crippen LogP contribution is -2.17. The van der Waals surface area contributed by atoms with Gasteiger partial charge in [0.2, 0.25) is 0 Å². The van der Waals surface area contributed by atoms with Crippen LogP contribution in [-0.4, -0.2) is 36.0 Å². The fraction of sp³-hybridized carbons (Fsp3) is 0.714. The van der Waals surface area contributed by atoms with E-state index in [0.29, 0.717) is 13.2 Å². The summed E-state index contributed by atoms with van der Waals surface area (Å²) in [4.78, 5) is 0. The summed E-state index contributed by atoms with van der Waals surface area (Å²) < 4.78 is 7.54. The molecule has 4 heteroatoms. The number of rotatable bonds is 9. The Morgan fingerprint density at radius 1 is 1.33 bits per heavy atom. The van der Waals surface area contributed by atoms with Crippen LogP contribution in [0.3, 0.4) is 0 Å². The van der Waals surface area contributed by atoms with Crippen LogP contribution in [0.15, 0.2) is 6.07 Å². The van der Waals surface area contributed by atoms with E-state index in [0.717, 1.165) is 26.1 Å². The summed E-state index contributed by atoms with van der Waals surface area (Å²) in [6, 6.07) is 2.26. The largest absolute Gasteiger partial charge is 0.394 e. The molecule has 0 saturated carbocycles. The first-order chi connectivity index (χ1) is 8.70. The fourth-order valence-corrected chi connectivity index (χ4v) is 2.23. The standard InChI is InChI=1S/C14H26N2O2/c1-4-16-12(2)10-14(13(16)3)11-15-6-5-8-18-9-7-17/h10,15,17H,4-9,11H2,1-3H3. The maximum Gasteiger partial charge on any atom is 0.0697 e. The van der Waals surface area contributed by atoms with E-state index in [4.69, 9.17) is 9.84 Å². The number of aryl methyl sites for hydroxylation is 1. The first kappa shape index (κ1) is 15.2. The van der Waals surface area contributed by atoms with Gasteiger partial charge in [-0.2, -0.15) is 0 Å². The lowest BCUT2D eigenvalue weighted by atomic mass is 10.2. The van der Waals surface area contributed by atoms with E-state index in [1.54, 1.807) is 0 Å². The van der Waals surface area contributed by atoms with E-state index in [9.17, 15) is 0 Å². The van der Waals surface area contributed by atoms with Gasteiger partial charge >= 0.3 is 0 Å². The van der Waals surface area contributed by atoms with Gasteiger partial charge in [0.25, 0.3) is 0 Å². The summed E-state index contributed by atoms with van der Waals surface area (Å²) >= 11 is 0. The molecule has 1 aromatic heterocycles. The van der Waals surface area contributed by atoms with E-state index in [2.05, 4.69) is 36.7 Å². The highest BCUT2D eigenvalue weighted by Crippen LogP contribution is 2.14. The molecule has 0 unspecified atom stereocenters. The molecule has 0 aliphatic carbocycles. The van der Waals surface area contributed by atoms with E-state index in [1.807, 2.05) is 0 Å². The van der Waals surface area contributed by atoms with Gasteiger partial charge in [-0.3, -0.25) is 0 Å². The zero-order valence-corrected chi connectivity index (χ0v) is 11.8. The first-order valence-corrected chi connectivity index (χ1v) is 6.75. The van der Waals surface area contributed by atoms with Crippen molar-refractivity contribution in [1.82, 2.24) is 9.88 Å². The molecule has 1 rings (SSSR count). The Morgan fingerprint density at radius 3 is 2.72 bits per heavy atom. The highest BCUT2D eigenvalue weighted by atomic mass is 16.5. The van der Waals surface area contributed by atoms with Gasteiger partial charge in [0.15, 0.2) is 0 Å². The zero-order valence-electron chi connectivity index (χ0n) is 11.8. The van der Waals surface area contributed by atoms with Crippen LogP contribution in [0.25, 0.3) is 0 Å². The SMILES string of the molecule is CCn1c(C)cc(CNCCCOCCO)c1C. The van der Waals surface area contributed by atoms with Crippen LogP contribution < -0.4 is 5.32 Å². The summed E-state index contributed by atoms with van der Waals surface area (Å²) in [6.07, 6.45) is 0.979. The highest BCUT2D eigenvalue weighted by molar-refractivity contribution is 5.26. The van der Waals surface area contributed by atoms with Crippen LogP contribution >= 0.6 is 0 Å². The molecule has 0 atom stereocenters. The number of aromatic nitrogens is 1. The maximum atomic E-state index is 8.56. The fourth-order valence-electron chi connectivity index (χ4n) is 2.23. The second kappa shape index (κ2) is 8.29. The van der Waals surface area contributed by atoms with E-state index in [-0.39, 0.29) is 6.61 Å². The monoisotopic (exact) mass is 254 g/mol. The molecule has 1 heterocycles. The smallest absolute Gasteiger partial charge is 0.0697 e. The van der Waals surface area contributed by atoms with Gasteiger partial charge < -0.3 is 19.7 Å². The van der Waals surface area contributed by atoms with Crippen LogP contribution in [-0.2, 0) is 17.8 Å². The Hall–Kier alpha value is -0.840. The molecular weight excluding hydrogens is 228 g/mol. The summed E-state index contributed by atoms with van der Waals surface area (Å²) in [6.45, 7) is 10.7. The quantitative estimate of drug-likeness (QED) is 0.658. The number of aliphatic hydroxyl groups excluding tert-OH is 1. The molecule has 0 radical (unpaired) electrons. The van der Waals surface area contributed by atoms with Crippen molar-refractivity contribution in [1.29, 1.82) is 0 Å². The highest BCUT2D eigenvalue weighted by Gasteiger charge is 2.06. The molecular formula is C14H26N2O2. The summed E-state index contributed by atoms with van der Waals surface area (Å²) in [5, 5.41) is 12.0. The minimum absolute atomic E-state index is 0.108. The molecule has 2 N–H and O–H groups in total. The number of hydrogen-bond acceptors (Lipinski definition) is 3. The summed E-state index contributed by atoms with van der Waals surface area (Å²) in [5.41, 5.74) is 4.07. The van der Waals surface area contributed by atoms with Crippen molar-refractivity contribution >= 4 is 0 Å². The van der Waals surface area contributed by atoms with Gasteiger partial charge in [0.1, 0.15) is 0 Å². The minimum atomic E-state index is 0.108. The Bertz CT molecular complexity index is 348. The second-order valence-electron chi connectivity index (χ2n) is 4.51. The zero-order chi connectivity index (χ0) is 13.4.